The van der Waals surface area contributed by atoms with E-state index in [-0.39, 0.29) is 16.6 Å². The van der Waals surface area contributed by atoms with Gasteiger partial charge in [0.15, 0.2) is 0 Å². The third-order valence-corrected chi connectivity index (χ3v) is 2.69. The molecule has 0 amide bonds. The van der Waals surface area contributed by atoms with Gasteiger partial charge in [-0.2, -0.15) is 0 Å². The van der Waals surface area contributed by atoms with E-state index in [4.69, 9.17) is 0 Å². The number of esters is 1. The van der Waals surface area contributed by atoms with Gasteiger partial charge in [-0.15, -0.1) is 0 Å². The zero-order valence-corrected chi connectivity index (χ0v) is 10.2. The van der Waals surface area contributed by atoms with Gasteiger partial charge in [-0.05, 0) is 12.1 Å². The number of carbonyl (C=O) groups is 1. The molecule has 5 nitrogen and oxygen atoms in total. The largest absolute Gasteiger partial charge is 0.465 e. The molecule has 1 aromatic heterocycles. The lowest BCUT2D eigenvalue weighted by molar-refractivity contribution is 0.0313. The van der Waals surface area contributed by atoms with Crippen LogP contribution in [-0.4, -0.2) is 39.7 Å². The second-order valence-corrected chi connectivity index (χ2v) is 3.77. The van der Waals surface area contributed by atoms with Crippen LogP contribution in [0.2, 0.25) is 0 Å². The van der Waals surface area contributed by atoms with E-state index < -0.39 is 18.2 Å². The number of aliphatic hydroxyl groups excluding tert-OH is 2. The third-order valence-electron chi connectivity index (χ3n) is 2.03. The molecule has 0 saturated carbocycles. The van der Waals surface area contributed by atoms with E-state index in [1.165, 1.54) is 25.4 Å². The predicted octanol–water partition coefficient (Wildman–Crippen LogP) is 0.657. The topological polar surface area (TPSA) is 79.7 Å². The molecule has 2 N–H and O–H groups in total. The molecule has 0 aromatic carbocycles. The minimum atomic E-state index is -1.14. The van der Waals surface area contributed by atoms with Crippen LogP contribution in [0.25, 0.3) is 0 Å². The Bertz CT molecular complexity index is 372. The molecule has 0 bridgehead atoms. The van der Waals surface area contributed by atoms with Crippen LogP contribution in [0.3, 0.4) is 0 Å². The van der Waals surface area contributed by atoms with Crippen molar-refractivity contribution >= 4 is 21.9 Å². The SMILES string of the molecule is COC(=O)c1ccnc(C(O)C(O)CBr)c1. The Morgan fingerprint density at radius 2 is 2.31 bits per heavy atom. The first kappa shape index (κ1) is 13.1. The van der Waals surface area contributed by atoms with Gasteiger partial charge in [-0.3, -0.25) is 4.98 Å². The van der Waals surface area contributed by atoms with Crippen molar-refractivity contribution in [2.24, 2.45) is 0 Å². The normalized spacial score (nSPS) is 14.2. The molecule has 0 saturated heterocycles. The van der Waals surface area contributed by atoms with Crippen LogP contribution in [0, 0.1) is 0 Å². The van der Waals surface area contributed by atoms with Gasteiger partial charge >= 0.3 is 5.97 Å². The van der Waals surface area contributed by atoms with Crippen LogP contribution in [-0.2, 0) is 4.74 Å². The maximum absolute atomic E-state index is 11.2. The Labute approximate surface area is 101 Å². The summed E-state index contributed by atoms with van der Waals surface area (Å²) in [5.41, 5.74) is 0.517. The number of hydrogen-bond acceptors (Lipinski definition) is 5. The van der Waals surface area contributed by atoms with E-state index in [1.807, 2.05) is 0 Å². The second kappa shape index (κ2) is 5.93. The molecule has 0 aliphatic rings. The molecule has 1 rings (SSSR count). The van der Waals surface area contributed by atoms with Crippen molar-refractivity contribution in [3.05, 3.63) is 29.6 Å². The Morgan fingerprint density at radius 1 is 1.62 bits per heavy atom. The van der Waals surface area contributed by atoms with Gasteiger partial charge in [0.25, 0.3) is 0 Å². The minimum Gasteiger partial charge on any atom is -0.465 e. The minimum absolute atomic E-state index is 0.221. The molecule has 88 valence electrons. The number of aliphatic hydroxyl groups is 2. The molecule has 0 radical (unpaired) electrons. The summed E-state index contributed by atoms with van der Waals surface area (Å²) in [6.07, 6.45) is -0.726. The van der Waals surface area contributed by atoms with E-state index in [1.54, 1.807) is 0 Å². The number of hydrogen-bond donors (Lipinski definition) is 2. The Balaban J connectivity index is 2.94. The fraction of sp³-hybridized carbons (Fsp3) is 0.400. The predicted molar refractivity (Wildman–Crippen MR) is 60.3 cm³/mol. The Hall–Kier alpha value is -0.980. The summed E-state index contributed by atoms with van der Waals surface area (Å²) < 4.78 is 4.54. The van der Waals surface area contributed by atoms with Gasteiger partial charge < -0.3 is 14.9 Å². The average molecular weight is 290 g/mol. The first-order valence-corrected chi connectivity index (χ1v) is 5.68. The van der Waals surface area contributed by atoms with E-state index >= 15 is 0 Å². The number of alkyl halides is 1. The molecule has 0 aliphatic carbocycles. The van der Waals surface area contributed by atoms with Gasteiger partial charge in [0.05, 0.1) is 24.5 Å². The molecule has 0 fully saturated rings. The molecule has 0 aliphatic heterocycles. The summed E-state index contributed by atoms with van der Waals surface area (Å²) in [5.74, 6) is -0.510. The number of pyridine rings is 1. The summed E-state index contributed by atoms with van der Waals surface area (Å²) in [5, 5.41) is 19.3. The summed E-state index contributed by atoms with van der Waals surface area (Å²) in [7, 11) is 1.27. The quantitative estimate of drug-likeness (QED) is 0.629. The zero-order valence-electron chi connectivity index (χ0n) is 8.63. The smallest absolute Gasteiger partial charge is 0.337 e. The summed E-state index contributed by atoms with van der Waals surface area (Å²) in [4.78, 5) is 15.1. The molecule has 1 aromatic rings. The van der Waals surface area contributed by atoms with Crippen LogP contribution in [0.1, 0.15) is 22.2 Å². The molecule has 6 heteroatoms. The van der Waals surface area contributed by atoms with Gasteiger partial charge in [0.2, 0.25) is 0 Å². The lowest BCUT2D eigenvalue weighted by Crippen LogP contribution is -2.20. The zero-order chi connectivity index (χ0) is 12.1. The highest BCUT2D eigenvalue weighted by Crippen LogP contribution is 2.17. The lowest BCUT2D eigenvalue weighted by atomic mass is 10.1. The summed E-state index contributed by atoms with van der Waals surface area (Å²) in [6, 6.07) is 2.87. The lowest BCUT2D eigenvalue weighted by Gasteiger charge is -2.15. The van der Waals surface area contributed by atoms with Crippen LogP contribution < -0.4 is 0 Å². The van der Waals surface area contributed by atoms with Crippen LogP contribution in [0.4, 0.5) is 0 Å². The molecule has 0 spiro atoms. The number of ether oxygens (including phenoxy) is 1. The van der Waals surface area contributed by atoms with E-state index in [9.17, 15) is 15.0 Å². The van der Waals surface area contributed by atoms with Gasteiger partial charge in [-0.1, -0.05) is 15.9 Å². The van der Waals surface area contributed by atoms with Crippen molar-refractivity contribution in [3.8, 4) is 0 Å². The maximum Gasteiger partial charge on any atom is 0.337 e. The van der Waals surface area contributed by atoms with E-state index in [0.717, 1.165) is 0 Å². The molecular formula is C10H12BrNO4. The monoisotopic (exact) mass is 289 g/mol. The van der Waals surface area contributed by atoms with Crippen molar-refractivity contribution in [2.75, 3.05) is 12.4 Å². The van der Waals surface area contributed by atoms with Crippen molar-refractivity contribution < 1.29 is 19.7 Å². The number of rotatable bonds is 4. The highest BCUT2D eigenvalue weighted by Gasteiger charge is 2.19. The Morgan fingerprint density at radius 3 is 2.88 bits per heavy atom. The first-order chi connectivity index (χ1) is 7.60. The second-order valence-electron chi connectivity index (χ2n) is 3.13. The number of carbonyl (C=O) groups excluding carboxylic acids is 1. The molecule has 2 atom stereocenters. The fourth-order valence-electron chi connectivity index (χ4n) is 1.14. The van der Waals surface area contributed by atoms with Crippen LogP contribution in [0.15, 0.2) is 18.3 Å². The average Bonchev–Trinajstić information content (AvgIpc) is 2.36. The highest BCUT2D eigenvalue weighted by molar-refractivity contribution is 9.09. The van der Waals surface area contributed by atoms with E-state index in [2.05, 4.69) is 25.7 Å². The molecule has 2 unspecified atom stereocenters. The summed E-state index contributed by atoms with van der Waals surface area (Å²) in [6.45, 7) is 0. The number of halogens is 1. The summed E-state index contributed by atoms with van der Waals surface area (Å²) >= 11 is 3.04. The van der Waals surface area contributed by atoms with Crippen molar-refractivity contribution in [3.63, 3.8) is 0 Å². The van der Waals surface area contributed by atoms with Crippen LogP contribution >= 0.6 is 15.9 Å². The van der Waals surface area contributed by atoms with Crippen molar-refractivity contribution in [2.45, 2.75) is 12.2 Å². The van der Waals surface area contributed by atoms with E-state index in [0.29, 0.717) is 0 Å². The maximum atomic E-state index is 11.2. The molecule has 16 heavy (non-hydrogen) atoms. The first-order valence-electron chi connectivity index (χ1n) is 4.56. The van der Waals surface area contributed by atoms with Gasteiger partial charge in [0.1, 0.15) is 6.10 Å². The molecule has 1 heterocycles. The number of nitrogens with zero attached hydrogens (tertiary/aromatic N) is 1. The third kappa shape index (κ3) is 3.01. The van der Waals surface area contributed by atoms with Gasteiger partial charge in [0, 0.05) is 11.5 Å². The fourth-order valence-corrected chi connectivity index (χ4v) is 1.49. The van der Waals surface area contributed by atoms with Crippen LogP contribution in [0.5, 0.6) is 0 Å². The Kier molecular flexibility index (Phi) is 4.85. The highest BCUT2D eigenvalue weighted by atomic mass is 79.9. The standard InChI is InChI=1S/C10H12BrNO4/c1-16-10(15)6-2-3-12-7(4-6)9(14)8(13)5-11/h2-4,8-9,13-14H,5H2,1H3. The molecular weight excluding hydrogens is 278 g/mol. The van der Waals surface area contributed by atoms with Crippen molar-refractivity contribution in [1.29, 1.82) is 0 Å². The number of methoxy groups -OCH3 is 1. The van der Waals surface area contributed by atoms with Crippen molar-refractivity contribution in [1.82, 2.24) is 4.98 Å². The number of aromatic nitrogens is 1. The van der Waals surface area contributed by atoms with Gasteiger partial charge in [-0.25, -0.2) is 4.79 Å².